The van der Waals surface area contributed by atoms with Crippen molar-refractivity contribution in [2.45, 2.75) is 32.7 Å². The molecule has 100 valence electrons. The van der Waals surface area contributed by atoms with E-state index in [4.69, 9.17) is 0 Å². The Labute approximate surface area is 118 Å². The molecule has 2 aromatic carbocycles. The highest BCUT2D eigenvalue weighted by Gasteiger charge is 2.23. The Balaban J connectivity index is 2.13. The fourth-order valence-corrected chi connectivity index (χ4v) is 3.45. The van der Waals surface area contributed by atoms with E-state index in [9.17, 15) is 0 Å². The van der Waals surface area contributed by atoms with Crippen molar-refractivity contribution in [1.29, 1.82) is 0 Å². The number of hydrogen-bond acceptors (Lipinski definition) is 1. The van der Waals surface area contributed by atoms with E-state index < -0.39 is 8.24 Å². The van der Waals surface area contributed by atoms with Gasteiger partial charge in [-0.3, -0.25) is 0 Å². The second-order valence-electron chi connectivity index (χ2n) is 6.00. The molecule has 2 aromatic rings. The van der Waals surface area contributed by atoms with E-state index in [0.717, 1.165) is 13.1 Å². The van der Waals surface area contributed by atoms with E-state index in [2.05, 4.69) is 84.9 Å². The molecular formula is C17H23NSi. The summed E-state index contributed by atoms with van der Waals surface area (Å²) in [6.45, 7) is 9.34. The van der Waals surface area contributed by atoms with Crippen molar-refractivity contribution in [3.05, 3.63) is 71.8 Å². The molecule has 0 N–H and O–H groups in total. The van der Waals surface area contributed by atoms with Crippen LogP contribution in [-0.2, 0) is 13.1 Å². The lowest BCUT2D eigenvalue weighted by molar-refractivity contribution is 0.411. The van der Waals surface area contributed by atoms with Crippen molar-refractivity contribution in [1.82, 2.24) is 4.57 Å². The average Bonchev–Trinajstić information content (AvgIpc) is 2.39. The van der Waals surface area contributed by atoms with E-state index in [0.29, 0.717) is 0 Å². The predicted molar refractivity (Wildman–Crippen MR) is 85.5 cm³/mol. The molecule has 1 nitrogen and oxygen atoms in total. The van der Waals surface area contributed by atoms with Gasteiger partial charge in [-0.2, -0.15) is 0 Å². The summed E-state index contributed by atoms with van der Waals surface area (Å²) in [5, 5.41) is 0. The van der Waals surface area contributed by atoms with Gasteiger partial charge in [-0.15, -0.1) is 0 Å². The summed E-state index contributed by atoms with van der Waals surface area (Å²) < 4.78 is 2.65. The van der Waals surface area contributed by atoms with Gasteiger partial charge in [-0.05, 0) is 11.1 Å². The minimum atomic E-state index is -1.32. The first-order valence-electron chi connectivity index (χ1n) is 6.88. The fraction of sp³-hybridized carbons (Fsp3) is 0.294. The van der Waals surface area contributed by atoms with Crippen LogP contribution in [0.1, 0.15) is 11.1 Å². The van der Waals surface area contributed by atoms with Crippen LogP contribution in [0.15, 0.2) is 60.7 Å². The lowest BCUT2D eigenvalue weighted by Gasteiger charge is -2.34. The zero-order valence-corrected chi connectivity index (χ0v) is 13.1. The van der Waals surface area contributed by atoms with E-state index in [-0.39, 0.29) is 0 Å². The SMILES string of the molecule is C[Si](C)(C)N(Cc1ccccc1)Cc1ccccc1. The topological polar surface area (TPSA) is 3.24 Å². The normalized spacial score (nSPS) is 11.8. The molecule has 0 heterocycles. The van der Waals surface area contributed by atoms with Crippen molar-refractivity contribution in [3.63, 3.8) is 0 Å². The Morgan fingerprint density at radius 2 is 1.05 bits per heavy atom. The van der Waals surface area contributed by atoms with Crippen LogP contribution < -0.4 is 0 Å². The first kappa shape index (κ1) is 14.0. The molecule has 0 aliphatic rings. The standard InChI is InChI=1S/C17H23NSi/c1-19(2,3)18(14-16-10-6-4-7-11-16)15-17-12-8-5-9-13-17/h4-13H,14-15H2,1-3H3. The van der Waals surface area contributed by atoms with Gasteiger partial charge in [-0.1, -0.05) is 80.3 Å². The third-order valence-electron chi connectivity index (χ3n) is 3.38. The van der Waals surface area contributed by atoms with Gasteiger partial charge in [0.25, 0.3) is 0 Å². The van der Waals surface area contributed by atoms with Gasteiger partial charge in [0, 0.05) is 13.1 Å². The van der Waals surface area contributed by atoms with Crippen molar-refractivity contribution >= 4 is 8.24 Å². The minimum Gasteiger partial charge on any atom is -0.316 e. The van der Waals surface area contributed by atoms with E-state index >= 15 is 0 Å². The molecule has 0 aliphatic carbocycles. The Bertz CT molecular complexity index is 446. The van der Waals surface area contributed by atoms with Gasteiger partial charge in [-0.25, -0.2) is 0 Å². The Morgan fingerprint density at radius 1 is 0.684 bits per heavy atom. The fourth-order valence-electron chi connectivity index (χ4n) is 2.14. The van der Waals surface area contributed by atoms with E-state index in [1.807, 2.05) is 0 Å². The van der Waals surface area contributed by atoms with Crippen LogP contribution >= 0.6 is 0 Å². The summed E-state index contributed by atoms with van der Waals surface area (Å²) >= 11 is 0. The Kier molecular flexibility index (Phi) is 4.56. The van der Waals surface area contributed by atoms with Crippen LogP contribution in [0.3, 0.4) is 0 Å². The molecule has 0 bridgehead atoms. The molecule has 0 saturated heterocycles. The molecule has 19 heavy (non-hydrogen) atoms. The maximum Gasteiger partial charge on any atom is 0.119 e. The van der Waals surface area contributed by atoms with E-state index in [1.54, 1.807) is 0 Å². The molecule has 0 fully saturated rings. The van der Waals surface area contributed by atoms with Gasteiger partial charge in [0.15, 0.2) is 0 Å². The average molecular weight is 269 g/mol. The smallest absolute Gasteiger partial charge is 0.119 e. The first-order valence-corrected chi connectivity index (χ1v) is 10.3. The van der Waals surface area contributed by atoms with Crippen LogP contribution in [-0.4, -0.2) is 12.8 Å². The number of benzene rings is 2. The summed E-state index contributed by atoms with van der Waals surface area (Å²) in [6.07, 6.45) is 0. The van der Waals surface area contributed by atoms with Crippen LogP contribution in [0.4, 0.5) is 0 Å². The van der Waals surface area contributed by atoms with Gasteiger partial charge in [0.2, 0.25) is 0 Å². The Hall–Kier alpha value is -1.38. The summed E-state index contributed by atoms with van der Waals surface area (Å²) in [6, 6.07) is 21.5. The highest BCUT2D eigenvalue weighted by atomic mass is 28.3. The monoisotopic (exact) mass is 269 g/mol. The zero-order valence-electron chi connectivity index (χ0n) is 12.1. The van der Waals surface area contributed by atoms with Crippen LogP contribution in [0, 0.1) is 0 Å². The predicted octanol–water partition coefficient (Wildman–Crippen LogP) is 4.52. The van der Waals surface area contributed by atoms with Crippen molar-refractivity contribution in [3.8, 4) is 0 Å². The summed E-state index contributed by atoms with van der Waals surface area (Å²) in [7, 11) is -1.32. The second-order valence-corrected chi connectivity index (χ2v) is 11.0. The highest BCUT2D eigenvalue weighted by molar-refractivity contribution is 6.73. The Morgan fingerprint density at radius 3 is 1.37 bits per heavy atom. The third-order valence-corrected chi connectivity index (χ3v) is 5.59. The second kappa shape index (κ2) is 6.18. The van der Waals surface area contributed by atoms with Gasteiger partial charge < -0.3 is 4.57 Å². The maximum atomic E-state index is 2.65. The number of hydrogen-bond donors (Lipinski definition) is 0. The molecule has 0 amide bonds. The lowest BCUT2D eigenvalue weighted by Crippen LogP contribution is -2.44. The van der Waals surface area contributed by atoms with Crippen LogP contribution in [0.25, 0.3) is 0 Å². The van der Waals surface area contributed by atoms with E-state index in [1.165, 1.54) is 11.1 Å². The molecule has 0 aliphatic heterocycles. The summed E-state index contributed by atoms with van der Waals surface area (Å²) in [5.74, 6) is 0. The molecule has 2 rings (SSSR count). The molecule has 0 unspecified atom stereocenters. The van der Waals surface area contributed by atoms with Gasteiger partial charge in [0.05, 0.1) is 0 Å². The lowest BCUT2D eigenvalue weighted by atomic mass is 10.2. The molecule has 0 radical (unpaired) electrons. The molecule has 0 atom stereocenters. The highest BCUT2D eigenvalue weighted by Crippen LogP contribution is 2.18. The van der Waals surface area contributed by atoms with Crippen LogP contribution in [0.2, 0.25) is 19.6 Å². The maximum absolute atomic E-state index is 2.65. The summed E-state index contributed by atoms with van der Waals surface area (Å²) in [5.41, 5.74) is 2.81. The molecular weight excluding hydrogens is 246 g/mol. The third kappa shape index (κ3) is 4.34. The molecule has 0 saturated carbocycles. The molecule has 0 spiro atoms. The number of nitrogens with zero attached hydrogens (tertiary/aromatic N) is 1. The van der Waals surface area contributed by atoms with Gasteiger partial charge >= 0.3 is 0 Å². The molecule has 0 aromatic heterocycles. The summed E-state index contributed by atoms with van der Waals surface area (Å²) in [4.78, 5) is 0. The largest absolute Gasteiger partial charge is 0.316 e. The van der Waals surface area contributed by atoms with Crippen molar-refractivity contribution < 1.29 is 0 Å². The quantitative estimate of drug-likeness (QED) is 0.721. The first-order chi connectivity index (χ1) is 9.05. The van der Waals surface area contributed by atoms with Crippen molar-refractivity contribution in [2.75, 3.05) is 0 Å². The number of rotatable bonds is 5. The van der Waals surface area contributed by atoms with Crippen molar-refractivity contribution in [2.24, 2.45) is 0 Å². The van der Waals surface area contributed by atoms with Gasteiger partial charge in [0.1, 0.15) is 8.24 Å². The zero-order chi connectivity index (χ0) is 13.7. The minimum absolute atomic E-state index is 1.05. The molecule has 2 heteroatoms. The van der Waals surface area contributed by atoms with Crippen LogP contribution in [0.5, 0.6) is 0 Å².